The van der Waals surface area contributed by atoms with Crippen LogP contribution in [0.15, 0.2) is 115 Å². The molecule has 0 aliphatic rings. The highest BCUT2D eigenvalue weighted by Gasteiger charge is 2.05. The van der Waals surface area contributed by atoms with E-state index in [1.807, 2.05) is 0 Å². The lowest BCUT2D eigenvalue weighted by Gasteiger charge is -2.10. The Bertz CT molecular complexity index is 1210. The molecule has 0 unspecified atom stereocenters. The summed E-state index contributed by atoms with van der Waals surface area (Å²) in [5.41, 5.74) is 7.36. The van der Waals surface area contributed by atoms with Gasteiger partial charge in [0, 0.05) is 75.0 Å². The van der Waals surface area contributed by atoms with Crippen molar-refractivity contribution >= 4 is 17.5 Å². The van der Waals surface area contributed by atoms with Gasteiger partial charge in [-0.05, 0) is 25.3 Å². The van der Waals surface area contributed by atoms with Gasteiger partial charge in [0.15, 0.2) is 37.9 Å². The summed E-state index contributed by atoms with van der Waals surface area (Å²) in [5, 5.41) is 0. The predicted octanol–water partition coefficient (Wildman–Crippen LogP) is 5.99. The first-order valence-corrected chi connectivity index (χ1v) is 12.9. The predicted molar refractivity (Wildman–Crippen MR) is 158 cm³/mol. The second kappa shape index (κ2) is 14.0. The van der Waals surface area contributed by atoms with Gasteiger partial charge in [0.05, 0.1) is 0 Å². The van der Waals surface area contributed by atoms with Gasteiger partial charge in [0.2, 0.25) is 0 Å². The summed E-state index contributed by atoms with van der Waals surface area (Å²) in [6.07, 6.45) is 21.5. The van der Waals surface area contributed by atoms with Crippen molar-refractivity contribution in [3.8, 4) is 0 Å². The average Bonchev–Trinajstić information content (AvgIpc) is 2.90. The Kier molecular flexibility index (Phi) is 10.5. The van der Waals surface area contributed by atoms with E-state index in [-0.39, 0.29) is 0 Å². The molecule has 3 rings (SSSR count). The molecule has 37 heavy (non-hydrogen) atoms. The van der Waals surface area contributed by atoms with E-state index in [9.17, 15) is 0 Å². The molecule has 4 heteroatoms. The van der Waals surface area contributed by atoms with Gasteiger partial charge in [-0.1, -0.05) is 66.8 Å². The van der Waals surface area contributed by atoms with Crippen molar-refractivity contribution in [1.29, 1.82) is 0 Å². The summed E-state index contributed by atoms with van der Waals surface area (Å²) in [6, 6.07) is 17.4. The molecule has 4 nitrogen and oxygen atoms in total. The van der Waals surface area contributed by atoms with Gasteiger partial charge in [-0.2, -0.15) is 0 Å². The van der Waals surface area contributed by atoms with Crippen LogP contribution in [0.1, 0.15) is 30.9 Å². The average molecular weight is 495 g/mol. The maximum Gasteiger partial charge on any atom is 0.173 e. The first kappa shape index (κ1) is 27.7. The zero-order chi connectivity index (χ0) is 26.6. The molecule has 2 heterocycles. The van der Waals surface area contributed by atoms with Crippen LogP contribution in [0, 0.1) is 0 Å². The fourth-order valence-electron chi connectivity index (χ4n) is 3.96. The molecule has 0 amide bonds. The summed E-state index contributed by atoms with van der Waals surface area (Å²) < 4.78 is 4.36. The van der Waals surface area contributed by atoms with Crippen molar-refractivity contribution in [3.63, 3.8) is 0 Å². The van der Waals surface area contributed by atoms with Crippen molar-refractivity contribution in [2.24, 2.45) is 0 Å². The van der Waals surface area contributed by atoms with Crippen LogP contribution in [0.5, 0.6) is 0 Å². The number of benzene rings is 1. The number of hydrogen-bond donors (Lipinski definition) is 0. The molecule has 0 saturated carbocycles. The van der Waals surface area contributed by atoms with Crippen LogP contribution in [0.4, 0.5) is 11.4 Å². The molecule has 0 radical (unpaired) electrons. The molecule has 192 valence electrons. The number of allylic oxidation sites excluding steroid dienone is 6. The first-order chi connectivity index (χ1) is 17.8. The van der Waals surface area contributed by atoms with Gasteiger partial charge in [-0.25, -0.2) is 9.13 Å². The Morgan fingerprint density at radius 3 is 1.89 bits per heavy atom. The molecule has 0 atom stereocenters. The van der Waals surface area contributed by atoms with Crippen LogP contribution >= 0.6 is 0 Å². The quantitative estimate of drug-likeness (QED) is 0.227. The highest BCUT2D eigenvalue weighted by atomic mass is 15.1. The second-order valence-electron chi connectivity index (χ2n) is 9.78. The highest BCUT2D eigenvalue weighted by Crippen LogP contribution is 2.13. The minimum absolute atomic E-state index is 0.789. The Labute approximate surface area is 223 Å². The van der Waals surface area contributed by atoms with E-state index in [4.69, 9.17) is 0 Å². The second-order valence-corrected chi connectivity index (χ2v) is 9.78. The smallest absolute Gasteiger partial charge is 0.173 e. The Hall–Kier alpha value is -3.92. The van der Waals surface area contributed by atoms with Crippen molar-refractivity contribution in [1.82, 2.24) is 0 Å². The van der Waals surface area contributed by atoms with E-state index >= 15 is 0 Å². The first-order valence-electron chi connectivity index (χ1n) is 12.9. The molecule has 1 aromatic carbocycles. The summed E-state index contributed by atoms with van der Waals surface area (Å²) in [4.78, 5) is 4.22. The highest BCUT2D eigenvalue weighted by molar-refractivity contribution is 5.49. The maximum absolute atomic E-state index is 4.23. The van der Waals surface area contributed by atoms with Gasteiger partial charge < -0.3 is 9.80 Å². The van der Waals surface area contributed by atoms with Gasteiger partial charge in [0.1, 0.15) is 0 Å². The van der Waals surface area contributed by atoms with Crippen LogP contribution in [0.25, 0.3) is 6.08 Å². The van der Waals surface area contributed by atoms with Gasteiger partial charge in [0.25, 0.3) is 0 Å². The van der Waals surface area contributed by atoms with Crippen LogP contribution in [0.3, 0.4) is 0 Å². The lowest BCUT2D eigenvalue weighted by Crippen LogP contribution is -2.33. The molecule has 0 fully saturated rings. The number of hydrogen-bond acceptors (Lipinski definition) is 2. The molecule has 0 aliphatic carbocycles. The van der Waals surface area contributed by atoms with Crippen LogP contribution < -0.4 is 18.9 Å². The summed E-state index contributed by atoms with van der Waals surface area (Å²) in [6.45, 7) is 8.00. The van der Waals surface area contributed by atoms with Gasteiger partial charge in [-0.15, -0.1) is 0 Å². The Morgan fingerprint density at radius 2 is 1.35 bits per heavy atom. The molecule has 0 bridgehead atoms. The minimum Gasteiger partial charge on any atom is -0.377 e. The normalized spacial score (nSPS) is 11.9. The third-order valence-electron chi connectivity index (χ3n) is 6.32. The molecule has 3 aromatic rings. The molecular formula is C33H42N4+2. The summed E-state index contributed by atoms with van der Waals surface area (Å²) in [5.74, 6) is 0. The van der Waals surface area contributed by atoms with Crippen molar-refractivity contribution < 1.29 is 9.13 Å². The molecule has 2 aromatic heterocycles. The fourth-order valence-corrected chi connectivity index (χ4v) is 3.96. The fraction of sp³-hybridized carbons (Fsp3) is 0.273. The van der Waals surface area contributed by atoms with Crippen LogP contribution in [0.2, 0.25) is 0 Å². The van der Waals surface area contributed by atoms with E-state index < -0.39 is 0 Å². The van der Waals surface area contributed by atoms with Gasteiger partial charge in [-0.3, -0.25) is 0 Å². The van der Waals surface area contributed by atoms with Crippen molar-refractivity contribution in [2.45, 2.75) is 32.9 Å². The minimum atomic E-state index is 0.789. The number of nitrogens with zero attached hydrogens (tertiary/aromatic N) is 4. The van der Waals surface area contributed by atoms with E-state index in [1.54, 1.807) is 0 Å². The van der Waals surface area contributed by atoms with E-state index in [1.165, 1.54) is 28.1 Å². The number of anilines is 2. The van der Waals surface area contributed by atoms with Crippen LogP contribution in [-0.4, -0.2) is 28.2 Å². The lowest BCUT2D eigenvalue weighted by molar-refractivity contribution is -0.688. The number of rotatable bonds is 12. The van der Waals surface area contributed by atoms with Gasteiger partial charge >= 0.3 is 0 Å². The zero-order valence-corrected chi connectivity index (χ0v) is 23.1. The van der Waals surface area contributed by atoms with E-state index in [2.05, 4.69) is 164 Å². The molecule has 0 saturated heterocycles. The maximum atomic E-state index is 4.23. The molecular weight excluding hydrogens is 452 g/mol. The SMILES string of the molecule is C=C(C=CC(=CC)CCC=Cc1ccc(C[n+]2ccc(N(C)C)cc2)cc1)C[n+]1ccc(N(C)C)cc1. The third-order valence-corrected chi connectivity index (χ3v) is 6.32. The topological polar surface area (TPSA) is 14.2 Å². The zero-order valence-electron chi connectivity index (χ0n) is 23.1. The lowest BCUT2D eigenvalue weighted by atomic mass is 10.1. The van der Waals surface area contributed by atoms with E-state index in [0.717, 1.165) is 31.5 Å². The van der Waals surface area contributed by atoms with Crippen molar-refractivity contribution in [2.75, 3.05) is 38.0 Å². The number of pyridine rings is 2. The Morgan fingerprint density at radius 1 is 0.784 bits per heavy atom. The molecule has 0 aliphatic heterocycles. The largest absolute Gasteiger partial charge is 0.377 e. The summed E-state index contributed by atoms with van der Waals surface area (Å²) in [7, 11) is 8.23. The Balaban J connectivity index is 1.44. The standard InChI is InChI=1S/C33H42N4/c1-7-29(13-12-28(2)26-36-22-18-32(19-23-36)34(3)4)10-8-9-11-30-14-16-31(17-15-30)27-37-24-20-33(21-25-37)35(5)6/h7,9,11-25H,2,8,10,26-27H2,1,3-6H3/q+2. The molecule has 0 N–H and O–H groups in total. The molecule has 0 spiro atoms. The van der Waals surface area contributed by atoms with Crippen LogP contribution in [-0.2, 0) is 13.1 Å². The van der Waals surface area contributed by atoms with Crippen molar-refractivity contribution in [3.05, 3.63) is 126 Å². The van der Waals surface area contributed by atoms with E-state index in [0.29, 0.717) is 0 Å². The third kappa shape index (κ3) is 9.23. The number of aromatic nitrogens is 2. The summed E-state index contributed by atoms with van der Waals surface area (Å²) >= 11 is 0. The monoisotopic (exact) mass is 494 g/mol.